The highest BCUT2D eigenvalue weighted by atomic mass is 19.4. The van der Waals surface area contributed by atoms with Crippen molar-refractivity contribution in [2.24, 2.45) is 0 Å². The lowest BCUT2D eigenvalue weighted by Gasteiger charge is -2.39. The molecule has 132 valence electrons. The molecule has 3 nitrogen and oxygen atoms in total. The minimum atomic E-state index is -4.68. The number of hydrogen-bond donors (Lipinski definition) is 1. The highest BCUT2D eigenvalue weighted by Crippen LogP contribution is 2.38. The van der Waals surface area contributed by atoms with E-state index in [-0.39, 0.29) is 19.0 Å². The van der Waals surface area contributed by atoms with Crippen LogP contribution in [0.3, 0.4) is 0 Å². The van der Waals surface area contributed by atoms with Gasteiger partial charge in [-0.3, -0.25) is 4.79 Å². The van der Waals surface area contributed by atoms with Crippen molar-refractivity contribution in [3.63, 3.8) is 0 Å². The van der Waals surface area contributed by atoms with Crippen LogP contribution in [0.25, 0.3) is 11.1 Å². The van der Waals surface area contributed by atoms with Gasteiger partial charge in [0.05, 0.1) is 0 Å². The molecular weight excluding hydrogens is 331 g/mol. The molecule has 1 aliphatic rings. The summed E-state index contributed by atoms with van der Waals surface area (Å²) in [5.41, 5.74) is -0.644. The molecule has 6 heteroatoms. The zero-order chi connectivity index (χ0) is 18.1. The lowest BCUT2D eigenvalue weighted by Crippen LogP contribution is -2.54. The SMILES string of the molecule is O=C(c1ccccc1-c1ccccc1)N1CCC(O)(C(F)(F)F)CC1. The first-order valence-corrected chi connectivity index (χ1v) is 8.05. The molecule has 3 rings (SSSR count). The summed E-state index contributed by atoms with van der Waals surface area (Å²) in [6.07, 6.45) is -5.68. The van der Waals surface area contributed by atoms with Gasteiger partial charge in [-0.2, -0.15) is 13.2 Å². The van der Waals surface area contributed by atoms with E-state index < -0.39 is 24.6 Å². The van der Waals surface area contributed by atoms with Crippen molar-refractivity contribution in [3.8, 4) is 11.1 Å². The van der Waals surface area contributed by atoms with Gasteiger partial charge >= 0.3 is 6.18 Å². The molecule has 1 saturated heterocycles. The zero-order valence-electron chi connectivity index (χ0n) is 13.5. The third-order valence-corrected chi connectivity index (χ3v) is 4.65. The Balaban J connectivity index is 1.82. The number of nitrogens with zero attached hydrogens (tertiary/aromatic N) is 1. The normalized spacial score (nSPS) is 17.4. The Morgan fingerprint density at radius 2 is 1.52 bits per heavy atom. The second-order valence-corrected chi connectivity index (χ2v) is 6.23. The Bertz CT molecular complexity index is 751. The molecule has 0 bridgehead atoms. The van der Waals surface area contributed by atoms with Crippen molar-refractivity contribution in [1.82, 2.24) is 4.90 Å². The van der Waals surface area contributed by atoms with Crippen molar-refractivity contribution in [2.75, 3.05) is 13.1 Å². The Labute approximate surface area is 143 Å². The summed E-state index contributed by atoms with van der Waals surface area (Å²) in [7, 11) is 0. The molecule has 0 saturated carbocycles. The van der Waals surface area contributed by atoms with Gasteiger partial charge in [-0.1, -0.05) is 48.5 Å². The van der Waals surface area contributed by atoms with Crippen LogP contribution in [-0.2, 0) is 0 Å². The first-order valence-electron chi connectivity index (χ1n) is 8.05. The van der Waals surface area contributed by atoms with Crippen molar-refractivity contribution >= 4 is 5.91 Å². The summed E-state index contributed by atoms with van der Waals surface area (Å²) in [4.78, 5) is 14.2. The number of carbonyl (C=O) groups excluding carboxylic acids is 1. The van der Waals surface area contributed by atoms with Crippen LogP contribution < -0.4 is 0 Å². The van der Waals surface area contributed by atoms with Crippen molar-refractivity contribution < 1.29 is 23.1 Å². The number of amides is 1. The maximum Gasteiger partial charge on any atom is 0.417 e. The number of alkyl halides is 3. The van der Waals surface area contributed by atoms with Crippen molar-refractivity contribution in [1.29, 1.82) is 0 Å². The predicted molar refractivity (Wildman–Crippen MR) is 88.0 cm³/mol. The molecule has 0 radical (unpaired) electrons. The highest BCUT2D eigenvalue weighted by molar-refractivity contribution is 6.00. The quantitative estimate of drug-likeness (QED) is 0.894. The molecule has 0 aliphatic carbocycles. The number of hydrogen-bond acceptors (Lipinski definition) is 2. The van der Waals surface area contributed by atoms with Crippen LogP contribution in [0.1, 0.15) is 23.2 Å². The second-order valence-electron chi connectivity index (χ2n) is 6.23. The number of piperidine rings is 1. The van der Waals surface area contributed by atoms with E-state index in [1.165, 1.54) is 4.90 Å². The van der Waals surface area contributed by atoms with E-state index in [1.807, 2.05) is 42.5 Å². The van der Waals surface area contributed by atoms with Gasteiger partial charge in [0.1, 0.15) is 0 Å². The third-order valence-electron chi connectivity index (χ3n) is 4.65. The minimum Gasteiger partial charge on any atom is -0.380 e. The zero-order valence-corrected chi connectivity index (χ0v) is 13.5. The number of aliphatic hydroxyl groups is 1. The summed E-state index contributed by atoms with van der Waals surface area (Å²) in [6, 6.07) is 16.4. The molecule has 1 aliphatic heterocycles. The minimum absolute atomic E-state index is 0.127. The molecule has 1 heterocycles. The van der Waals surface area contributed by atoms with Crippen LogP contribution in [0.2, 0.25) is 0 Å². The fraction of sp³-hybridized carbons (Fsp3) is 0.316. The first-order chi connectivity index (χ1) is 11.8. The Morgan fingerprint density at radius 3 is 2.12 bits per heavy atom. The topological polar surface area (TPSA) is 40.5 Å². The molecule has 1 amide bonds. The maximum atomic E-state index is 12.9. The monoisotopic (exact) mass is 349 g/mol. The van der Waals surface area contributed by atoms with E-state index in [9.17, 15) is 23.1 Å². The van der Waals surface area contributed by atoms with Crippen LogP contribution in [0.5, 0.6) is 0 Å². The number of rotatable bonds is 2. The van der Waals surface area contributed by atoms with Gasteiger partial charge in [0.25, 0.3) is 5.91 Å². The van der Waals surface area contributed by atoms with Crippen molar-refractivity contribution in [3.05, 3.63) is 60.2 Å². The average Bonchev–Trinajstić information content (AvgIpc) is 2.62. The van der Waals surface area contributed by atoms with Crippen LogP contribution in [0.4, 0.5) is 13.2 Å². The number of halogens is 3. The molecule has 0 atom stereocenters. The standard InChI is InChI=1S/C19H18F3NO2/c20-19(21,22)18(25)10-12-23(13-11-18)17(24)16-9-5-4-8-15(16)14-6-2-1-3-7-14/h1-9,25H,10-13H2. The smallest absolute Gasteiger partial charge is 0.380 e. The summed E-state index contributed by atoms with van der Waals surface area (Å²) < 4.78 is 38.7. The van der Waals surface area contributed by atoms with Gasteiger partial charge in [0.15, 0.2) is 5.60 Å². The number of likely N-dealkylation sites (tertiary alicyclic amines) is 1. The van der Waals surface area contributed by atoms with E-state index in [1.54, 1.807) is 12.1 Å². The summed E-state index contributed by atoms with van der Waals surface area (Å²) in [5, 5.41) is 9.75. The molecule has 1 N–H and O–H groups in total. The lowest BCUT2D eigenvalue weighted by molar-refractivity contribution is -0.271. The second kappa shape index (κ2) is 6.52. The Hall–Kier alpha value is -2.34. The number of benzene rings is 2. The third kappa shape index (κ3) is 3.39. The van der Waals surface area contributed by atoms with E-state index in [4.69, 9.17) is 0 Å². The first kappa shape index (κ1) is 17.5. The van der Waals surface area contributed by atoms with Crippen LogP contribution in [0.15, 0.2) is 54.6 Å². The molecule has 25 heavy (non-hydrogen) atoms. The Morgan fingerprint density at radius 1 is 0.960 bits per heavy atom. The van der Waals surface area contributed by atoms with E-state index in [2.05, 4.69) is 0 Å². The van der Waals surface area contributed by atoms with Gasteiger partial charge < -0.3 is 10.0 Å². The highest BCUT2D eigenvalue weighted by Gasteiger charge is 2.54. The molecular formula is C19H18F3NO2. The van der Waals surface area contributed by atoms with Gasteiger partial charge in [-0.05, 0) is 17.2 Å². The molecule has 2 aromatic carbocycles. The van der Waals surface area contributed by atoms with Gasteiger partial charge in [-0.25, -0.2) is 0 Å². The van der Waals surface area contributed by atoms with Crippen LogP contribution >= 0.6 is 0 Å². The average molecular weight is 349 g/mol. The lowest BCUT2D eigenvalue weighted by atomic mass is 9.90. The molecule has 1 fully saturated rings. The number of carbonyl (C=O) groups is 1. The summed E-state index contributed by atoms with van der Waals surface area (Å²) in [5.74, 6) is -0.316. The van der Waals surface area contributed by atoms with Crippen LogP contribution in [0, 0.1) is 0 Å². The van der Waals surface area contributed by atoms with Gasteiger partial charge in [0.2, 0.25) is 0 Å². The maximum absolute atomic E-state index is 12.9. The van der Waals surface area contributed by atoms with E-state index in [0.29, 0.717) is 5.56 Å². The predicted octanol–water partition coefficient (Wildman–Crippen LogP) is 3.88. The largest absolute Gasteiger partial charge is 0.417 e. The van der Waals surface area contributed by atoms with E-state index >= 15 is 0 Å². The molecule has 0 unspecified atom stereocenters. The summed E-state index contributed by atoms with van der Waals surface area (Å²) >= 11 is 0. The van der Waals surface area contributed by atoms with Gasteiger partial charge in [-0.15, -0.1) is 0 Å². The fourth-order valence-corrected chi connectivity index (χ4v) is 3.07. The van der Waals surface area contributed by atoms with E-state index in [0.717, 1.165) is 11.1 Å². The fourth-order valence-electron chi connectivity index (χ4n) is 3.07. The van der Waals surface area contributed by atoms with Gasteiger partial charge in [0, 0.05) is 31.5 Å². The molecule has 2 aromatic rings. The van der Waals surface area contributed by atoms with Crippen LogP contribution in [-0.4, -0.2) is 40.8 Å². The summed E-state index contributed by atoms with van der Waals surface area (Å²) in [6.45, 7) is -0.254. The van der Waals surface area contributed by atoms with Crippen molar-refractivity contribution in [2.45, 2.75) is 24.6 Å². The molecule has 0 aromatic heterocycles. The molecule has 0 spiro atoms. The Kier molecular flexibility index (Phi) is 4.56.